The summed E-state index contributed by atoms with van der Waals surface area (Å²) in [7, 11) is 0. The topological polar surface area (TPSA) is 83.1 Å². The van der Waals surface area contributed by atoms with Crippen LogP contribution in [0.5, 0.6) is 0 Å². The normalized spacial score (nSPS) is 17.8. The molecule has 7 heteroatoms. The number of rotatable bonds is 6. The molecule has 0 bridgehead atoms. The van der Waals surface area contributed by atoms with E-state index >= 15 is 0 Å². The maximum absolute atomic E-state index is 13.2. The molecule has 0 radical (unpaired) electrons. The van der Waals surface area contributed by atoms with Crippen molar-refractivity contribution in [2.75, 3.05) is 36.5 Å². The smallest absolute Gasteiger partial charge is 0.143 e. The van der Waals surface area contributed by atoms with Crippen molar-refractivity contribution in [3.63, 3.8) is 0 Å². The Kier molecular flexibility index (Phi) is 5.92. The van der Waals surface area contributed by atoms with Gasteiger partial charge in [0.2, 0.25) is 0 Å². The molecule has 1 aliphatic carbocycles. The lowest BCUT2D eigenvalue weighted by Gasteiger charge is -2.30. The van der Waals surface area contributed by atoms with Crippen LogP contribution in [0.15, 0.2) is 60.9 Å². The molecule has 2 aromatic heterocycles. The standard InChI is InChI=1S/C28H29N5O2/c34-25(16-19-6-2-1-3-7-19)20-10-11-22-21(17-20)26-27(31-22)29-18-30-28(26)32-23-8-4-5-9-24(23)33-12-14-35-15-13-33/h1-9,18,20H,10-17H2,(H2,29,30,31,32). The molecule has 35 heavy (non-hydrogen) atoms. The van der Waals surface area contributed by atoms with Gasteiger partial charge in [-0.1, -0.05) is 42.5 Å². The zero-order chi connectivity index (χ0) is 23.6. The number of morpholine rings is 1. The van der Waals surface area contributed by atoms with Crippen LogP contribution in [0.25, 0.3) is 11.0 Å². The molecule has 1 atom stereocenters. The summed E-state index contributed by atoms with van der Waals surface area (Å²) < 4.78 is 5.54. The van der Waals surface area contributed by atoms with Gasteiger partial charge in [0.05, 0.1) is 30.0 Å². The van der Waals surface area contributed by atoms with E-state index in [2.05, 4.69) is 43.4 Å². The van der Waals surface area contributed by atoms with Crippen LogP contribution in [0.1, 0.15) is 23.2 Å². The second-order valence-electron chi connectivity index (χ2n) is 9.34. The van der Waals surface area contributed by atoms with Crippen molar-refractivity contribution in [3.8, 4) is 0 Å². The average molecular weight is 468 g/mol. The third-order valence-electron chi connectivity index (χ3n) is 7.16. The number of ketones is 1. The molecule has 0 spiro atoms. The highest BCUT2D eigenvalue weighted by Crippen LogP contribution is 2.37. The molecular formula is C28H29N5O2. The van der Waals surface area contributed by atoms with Gasteiger partial charge >= 0.3 is 0 Å². The molecule has 6 rings (SSSR count). The monoisotopic (exact) mass is 467 g/mol. The van der Waals surface area contributed by atoms with E-state index in [-0.39, 0.29) is 5.92 Å². The number of fused-ring (bicyclic) bond motifs is 3. The van der Waals surface area contributed by atoms with Crippen molar-refractivity contribution in [1.29, 1.82) is 0 Å². The van der Waals surface area contributed by atoms with Crippen LogP contribution in [0.3, 0.4) is 0 Å². The number of carbonyl (C=O) groups excluding carboxylic acids is 1. The van der Waals surface area contributed by atoms with Gasteiger partial charge in [0.1, 0.15) is 23.6 Å². The van der Waals surface area contributed by atoms with Crippen molar-refractivity contribution < 1.29 is 9.53 Å². The summed E-state index contributed by atoms with van der Waals surface area (Å²) in [6.07, 6.45) is 4.51. The Morgan fingerprint density at radius 1 is 1.06 bits per heavy atom. The highest BCUT2D eigenvalue weighted by molar-refractivity contribution is 5.95. The van der Waals surface area contributed by atoms with Gasteiger partial charge < -0.3 is 19.9 Å². The van der Waals surface area contributed by atoms with Crippen LogP contribution >= 0.6 is 0 Å². The first-order valence-electron chi connectivity index (χ1n) is 12.4. The third kappa shape index (κ3) is 4.39. The molecule has 1 aliphatic heterocycles. The molecular weight excluding hydrogens is 438 g/mol. The van der Waals surface area contributed by atoms with E-state index < -0.39 is 0 Å². The number of ether oxygens (including phenoxy) is 1. The number of hydrogen-bond donors (Lipinski definition) is 2. The second kappa shape index (κ2) is 9.50. The van der Waals surface area contributed by atoms with E-state index in [1.165, 1.54) is 11.3 Å². The molecule has 7 nitrogen and oxygen atoms in total. The lowest BCUT2D eigenvalue weighted by atomic mass is 9.82. The number of aryl methyl sites for hydroxylation is 1. The number of carbonyl (C=O) groups is 1. The summed E-state index contributed by atoms with van der Waals surface area (Å²) in [6, 6.07) is 18.3. The quantitative estimate of drug-likeness (QED) is 0.436. The first-order valence-corrected chi connectivity index (χ1v) is 12.4. The summed E-state index contributed by atoms with van der Waals surface area (Å²) in [6.45, 7) is 3.19. The largest absolute Gasteiger partial charge is 0.378 e. The summed E-state index contributed by atoms with van der Waals surface area (Å²) in [5.74, 6) is 1.10. The third-order valence-corrected chi connectivity index (χ3v) is 7.16. The van der Waals surface area contributed by atoms with E-state index in [1.807, 2.05) is 36.4 Å². The lowest BCUT2D eigenvalue weighted by Crippen LogP contribution is -2.36. The number of nitrogens with one attached hydrogen (secondary N) is 2. The summed E-state index contributed by atoms with van der Waals surface area (Å²) in [5, 5.41) is 4.59. The van der Waals surface area contributed by atoms with E-state index in [1.54, 1.807) is 6.33 Å². The van der Waals surface area contributed by atoms with E-state index in [0.29, 0.717) is 18.6 Å². The first-order chi connectivity index (χ1) is 17.3. The van der Waals surface area contributed by atoms with Gasteiger partial charge in [-0.2, -0.15) is 0 Å². The molecule has 0 amide bonds. The number of aromatic amines is 1. The minimum atomic E-state index is 0.00963. The minimum absolute atomic E-state index is 0.00963. The molecule has 2 aromatic carbocycles. The maximum Gasteiger partial charge on any atom is 0.143 e. The van der Waals surface area contributed by atoms with Crippen LogP contribution in [0.4, 0.5) is 17.2 Å². The SMILES string of the molecule is O=C(Cc1ccccc1)C1CCc2[nH]c3ncnc(Nc4ccccc4N4CCOCC4)c3c2C1. The van der Waals surface area contributed by atoms with Gasteiger partial charge in [-0.3, -0.25) is 4.79 Å². The Morgan fingerprint density at radius 2 is 1.86 bits per heavy atom. The van der Waals surface area contributed by atoms with Crippen LogP contribution in [0, 0.1) is 5.92 Å². The minimum Gasteiger partial charge on any atom is -0.378 e. The maximum atomic E-state index is 13.2. The van der Waals surface area contributed by atoms with E-state index in [0.717, 1.165) is 72.9 Å². The van der Waals surface area contributed by atoms with Crippen molar-refractivity contribution >= 4 is 34.0 Å². The number of aromatic nitrogens is 3. The van der Waals surface area contributed by atoms with Crippen LogP contribution in [0.2, 0.25) is 0 Å². The first kappa shape index (κ1) is 21.8. The Labute approximate surface area is 204 Å². The Hall–Kier alpha value is -3.71. The summed E-state index contributed by atoms with van der Waals surface area (Å²) >= 11 is 0. The fourth-order valence-electron chi connectivity index (χ4n) is 5.34. The number of anilines is 3. The second-order valence-corrected chi connectivity index (χ2v) is 9.34. The molecule has 2 aliphatic rings. The lowest BCUT2D eigenvalue weighted by molar-refractivity contribution is -0.122. The van der Waals surface area contributed by atoms with Crippen molar-refractivity contribution in [3.05, 3.63) is 77.7 Å². The van der Waals surface area contributed by atoms with Crippen molar-refractivity contribution in [1.82, 2.24) is 15.0 Å². The number of Topliss-reactive ketones (excluding diaryl/α,β-unsaturated/α-hetero) is 1. The Balaban J connectivity index is 1.30. The van der Waals surface area contributed by atoms with Gasteiger partial charge in [-0.25, -0.2) is 9.97 Å². The van der Waals surface area contributed by atoms with Gasteiger partial charge in [0, 0.05) is 31.1 Å². The number of hydrogen-bond acceptors (Lipinski definition) is 6. The Morgan fingerprint density at radius 3 is 2.71 bits per heavy atom. The average Bonchev–Trinajstić information content (AvgIpc) is 3.29. The van der Waals surface area contributed by atoms with Gasteiger partial charge in [-0.05, 0) is 42.5 Å². The summed E-state index contributed by atoms with van der Waals surface area (Å²) in [5.41, 5.74) is 6.40. The predicted molar refractivity (Wildman–Crippen MR) is 137 cm³/mol. The molecule has 3 heterocycles. The highest BCUT2D eigenvalue weighted by atomic mass is 16.5. The molecule has 1 fully saturated rings. The molecule has 1 saturated heterocycles. The number of nitrogens with zero attached hydrogens (tertiary/aromatic N) is 3. The fourth-order valence-corrected chi connectivity index (χ4v) is 5.34. The highest BCUT2D eigenvalue weighted by Gasteiger charge is 2.29. The van der Waals surface area contributed by atoms with Crippen LogP contribution in [-0.4, -0.2) is 47.0 Å². The zero-order valence-electron chi connectivity index (χ0n) is 19.7. The number of para-hydroxylation sites is 2. The molecule has 2 N–H and O–H groups in total. The molecule has 178 valence electrons. The van der Waals surface area contributed by atoms with Gasteiger partial charge in [0.25, 0.3) is 0 Å². The number of H-pyrrole nitrogens is 1. The van der Waals surface area contributed by atoms with Gasteiger partial charge in [-0.15, -0.1) is 0 Å². The molecule has 1 unspecified atom stereocenters. The zero-order valence-corrected chi connectivity index (χ0v) is 19.7. The molecule has 4 aromatic rings. The summed E-state index contributed by atoms with van der Waals surface area (Å²) in [4.78, 5) is 28.2. The Bertz CT molecular complexity index is 1340. The fraction of sp³-hybridized carbons (Fsp3) is 0.321. The van der Waals surface area contributed by atoms with Crippen molar-refractivity contribution in [2.45, 2.75) is 25.7 Å². The van der Waals surface area contributed by atoms with Crippen LogP contribution in [-0.2, 0) is 28.8 Å². The predicted octanol–water partition coefficient (Wildman–Crippen LogP) is 4.45. The van der Waals surface area contributed by atoms with Crippen molar-refractivity contribution in [2.24, 2.45) is 5.92 Å². The van der Waals surface area contributed by atoms with E-state index in [9.17, 15) is 4.79 Å². The number of benzene rings is 2. The van der Waals surface area contributed by atoms with Crippen LogP contribution < -0.4 is 10.2 Å². The van der Waals surface area contributed by atoms with Gasteiger partial charge in [0.15, 0.2) is 0 Å². The molecule has 0 saturated carbocycles. The van der Waals surface area contributed by atoms with E-state index in [4.69, 9.17) is 4.74 Å².